The van der Waals surface area contributed by atoms with Gasteiger partial charge in [-0.15, -0.1) is 0 Å². The van der Waals surface area contributed by atoms with Gasteiger partial charge in [-0.2, -0.15) is 11.8 Å². The minimum atomic E-state index is -3.69. The molecule has 0 bridgehead atoms. The van der Waals surface area contributed by atoms with Gasteiger partial charge in [0.25, 0.3) is 0 Å². The van der Waals surface area contributed by atoms with Crippen molar-refractivity contribution in [2.75, 3.05) is 24.3 Å². The molecule has 0 fully saturated rings. The summed E-state index contributed by atoms with van der Waals surface area (Å²) in [5.41, 5.74) is 5.42. The number of thioether (sulfide) groups is 1. The average molecular weight is 357 g/mol. The van der Waals surface area contributed by atoms with E-state index in [1.165, 1.54) is 6.07 Å². The van der Waals surface area contributed by atoms with Gasteiger partial charge in [0.1, 0.15) is 10.7 Å². The number of rotatable bonds is 6. The Balaban J connectivity index is 2.88. The smallest absolute Gasteiger partial charge is 0.242 e. The molecule has 3 N–H and O–H groups in total. The lowest BCUT2D eigenvalue weighted by Gasteiger charge is -2.09. The average Bonchev–Trinajstić information content (AvgIpc) is 2.29. The van der Waals surface area contributed by atoms with Crippen LogP contribution in [0.5, 0.6) is 0 Å². The van der Waals surface area contributed by atoms with E-state index >= 15 is 0 Å². The molecule has 0 heterocycles. The lowest BCUT2D eigenvalue weighted by Crippen LogP contribution is -2.26. The standard InChI is InChI=1S/C10H14BrFN2O2S2/c1-17-4-2-3-14-18(15,16)10-5-7(11)8(12)6-9(10)13/h5-6,14H,2-4,13H2,1H3. The predicted octanol–water partition coefficient (Wildman–Crippen LogP) is 2.20. The first kappa shape index (κ1) is 15.7. The number of hydrogen-bond donors (Lipinski definition) is 2. The first-order valence-corrected chi connectivity index (χ1v) is 8.78. The van der Waals surface area contributed by atoms with Crippen LogP contribution < -0.4 is 10.5 Å². The molecule has 0 unspecified atom stereocenters. The zero-order valence-corrected chi connectivity index (χ0v) is 13.0. The van der Waals surface area contributed by atoms with E-state index in [1.54, 1.807) is 11.8 Å². The second kappa shape index (κ2) is 6.74. The van der Waals surface area contributed by atoms with Gasteiger partial charge in [-0.05, 0) is 46.5 Å². The first-order chi connectivity index (χ1) is 8.38. The van der Waals surface area contributed by atoms with Crippen LogP contribution in [0.25, 0.3) is 0 Å². The van der Waals surface area contributed by atoms with Crippen LogP contribution in [0, 0.1) is 5.82 Å². The summed E-state index contributed by atoms with van der Waals surface area (Å²) in [4.78, 5) is -0.111. The molecule has 1 rings (SSSR count). The summed E-state index contributed by atoms with van der Waals surface area (Å²) in [7, 11) is -3.69. The van der Waals surface area contributed by atoms with E-state index in [9.17, 15) is 12.8 Å². The van der Waals surface area contributed by atoms with Gasteiger partial charge in [-0.1, -0.05) is 0 Å². The van der Waals surface area contributed by atoms with Gasteiger partial charge < -0.3 is 5.73 Å². The highest BCUT2D eigenvalue weighted by molar-refractivity contribution is 9.10. The van der Waals surface area contributed by atoms with Crippen LogP contribution in [0.3, 0.4) is 0 Å². The number of nitrogen functional groups attached to an aromatic ring is 1. The highest BCUT2D eigenvalue weighted by Crippen LogP contribution is 2.25. The molecule has 102 valence electrons. The van der Waals surface area contributed by atoms with Crippen LogP contribution in [-0.4, -0.2) is 27.0 Å². The lowest BCUT2D eigenvalue weighted by molar-refractivity contribution is 0.580. The minimum Gasteiger partial charge on any atom is -0.398 e. The third-order valence-corrected chi connectivity index (χ3v) is 4.98. The Hall–Kier alpha value is -0.310. The SMILES string of the molecule is CSCCCNS(=O)(=O)c1cc(Br)c(F)cc1N. The molecular formula is C10H14BrFN2O2S2. The van der Waals surface area contributed by atoms with Crippen molar-refractivity contribution in [1.29, 1.82) is 0 Å². The highest BCUT2D eigenvalue weighted by atomic mass is 79.9. The predicted molar refractivity (Wildman–Crippen MR) is 76.7 cm³/mol. The van der Waals surface area contributed by atoms with Crippen LogP contribution in [0.4, 0.5) is 10.1 Å². The third-order valence-electron chi connectivity index (χ3n) is 2.16. The second-order valence-corrected chi connectivity index (χ2v) is 7.12. The van der Waals surface area contributed by atoms with Crippen molar-refractivity contribution in [3.8, 4) is 0 Å². The van der Waals surface area contributed by atoms with Crippen molar-refractivity contribution in [2.45, 2.75) is 11.3 Å². The number of sulfonamides is 1. The van der Waals surface area contributed by atoms with Gasteiger partial charge >= 0.3 is 0 Å². The van der Waals surface area contributed by atoms with Gasteiger partial charge in [0.05, 0.1) is 10.2 Å². The summed E-state index contributed by atoms with van der Waals surface area (Å²) in [5, 5.41) is 0. The van der Waals surface area contributed by atoms with Crippen LogP contribution in [-0.2, 0) is 10.0 Å². The van der Waals surface area contributed by atoms with Crippen LogP contribution in [0.2, 0.25) is 0 Å². The van der Waals surface area contributed by atoms with E-state index in [-0.39, 0.29) is 15.1 Å². The minimum absolute atomic E-state index is 0.0705. The van der Waals surface area contributed by atoms with E-state index in [4.69, 9.17) is 5.73 Å². The Morgan fingerprint density at radius 2 is 2.17 bits per heavy atom. The summed E-state index contributed by atoms with van der Waals surface area (Å²) < 4.78 is 39.5. The van der Waals surface area contributed by atoms with E-state index in [0.29, 0.717) is 6.54 Å². The number of nitrogens with two attached hydrogens (primary N) is 1. The zero-order chi connectivity index (χ0) is 13.8. The summed E-state index contributed by atoms with van der Waals surface area (Å²) in [6, 6.07) is 2.15. The molecule has 1 aromatic carbocycles. The van der Waals surface area contributed by atoms with Gasteiger partial charge in [0.15, 0.2) is 0 Å². The van der Waals surface area contributed by atoms with Crippen molar-refractivity contribution in [1.82, 2.24) is 4.72 Å². The molecule has 0 aliphatic heterocycles. The van der Waals surface area contributed by atoms with E-state index in [2.05, 4.69) is 20.7 Å². The molecule has 1 aromatic rings. The first-order valence-electron chi connectivity index (χ1n) is 5.11. The Kier molecular flexibility index (Phi) is 5.90. The maximum atomic E-state index is 13.2. The maximum absolute atomic E-state index is 13.2. The topological polar surface area (TPSA) is 72.2 Å². The molecule has 0 atom stereocenters. The molecule has 0 spiro atoms. The summed E-state index contributed by atoms with van der Waals surface area (Å²) in [5.74, 6) is 0.277. The van der Waals surface area contributed by atoms with E-state index in [1.807, 2.05) is 6.26 Å². The Labute approximate surface area is 119 Å². The molecule has 4 nitrogen and oxygen atoms in total. The molecule has 8 heteroatoms. The van der Waals surface area contributed by atoms with Crippen molar-refractivity contribution in [3.05, 3.63) is 22.4 Å². The Morgan fingerprint density at radius 1 is 1.50 bits per heavy atom. The van der Waals surface area contributed by atoms with Crippen molar-refractivity contribution in [2.24, 2.45) is 0 Å². The summed E-state index contributed by atoms with van der Waals surface area (Å²) in [6.45, 7) is 0.331. The second-order valence-electron chi connectivity index (χ2n) is 3.55. The van der Waals surface area contributed by atoms with Crippen LogP contribution in [0.15, 0.2) is 21.5 Å². The molecule has 0 aliphatic rings. The van der Waals surface area contributed by atoms with E-state index in [0.717, 1.165) is 18.2 Å². The third kappa shape index (κ3) is 4.11. The van der Waals surface area contributed by atoms with Crippen molar-refractivity contribution >= 4 is 43.4 Å². The van der Waals surface area contributed by atoms with Gasteiger partial charge in [0.2, 0.25) is 10.0 Å². The highest BCUT2D eigenvalue weighted by Gasteiger charge is 2.19. The maximum Gasteiger partial charge on any atom is 0.242 e. The normalized spacial score (nSPS) is 11.7. The Morgan fingerprint density at radius 3 is 2.78 bits per heavy atom. The largest absolute Gasteiger partial charge is 0.398 e. The fraction of sp³-hybridized carbons (Fsp3) is 0.400. The molecule has 0 aliphatic carbocycles. The number of benzene rings is 1. The van der Waals surface area contributed by atoms with Gasteiger partial charge in [-0.25, -0.2) is 17.5 Å². The fourth-order valence-electron chi connectivity index (χ4n) is 1.28. The van der Waals surface area contributed by atoms with Gasteiger partial charge in [0, 0.05) is 6.54 Å². The van der Waals surface area contributed by atoms with Crippen molar-refractivity contribution < 1.29 is 12.8 Å². The zero-order valence-electron chi connectivity index (χ0n) is 9.74. The molecule has 0 saturated heterocycles. The van der Waals surface area contributed by atoms with Crippen LogP contribution in [0.1, 0.15) is 6.42 Å². The van der Waals surface area contributed by atoms with Crippen molar-refractivity contribution in [3.63, 3.8) is 0 Å². The lowest BCUT2D eigenvalue weighted by atomic mass is 10.3. The quantitative estimate of drug-likeness (QED) is 0.605. The number of hydrogen-bond acceptors (Lipinski definition) is 4. The monoisotopic (exact) mass is 356 g/mol. The van der Waals surface area contributed by atoms with Gasteiger partial charge in [-0.3, -0.25) is 0 Å². The number of anilines is 1. The summed E-state index contributed by atoms with van der Waals surface area (Å²) >= 11 is 4.58. The van der Waals surface area contributed by atoms with E-state index < -0.39 is 15.8 Å². The molecule has 0 aromatic heterocycles. The number of nitrogens with one attached hydrogen (secondary N) is 1. The molecular weight excluding hydrogens is 343 g/mol. The molecule has 0 amide bonds. The Bertz CT molecular complexity index is 523. The van der Waals surface area contributed by atoms with Crippen LogP contribution >= 0.6 is 27.7 Å². The fourth-order valence-corrected chi connectivity index (χ4v) is 3.42. The molecule has 0 saturated carbocycles. The molecule has 18 heavy (non-hydrogen) atoms. The number of halogens is 2. The summed E-state index contributed by atoms with van der Waals surface area (Å²) in [6.07, 6.45) is 2.67. The molecule has 0 radical (unpaired) electrons.